The molecule has 130 valence electrons. The number of carbonyl (C=O) groups is 1. The van der Waals surface area contributed by atoms with E-state index in [1.165, 1.54) is 30.4 Å². The van der Waals surface area contributed by atoms with Crippen LogP contribution in [0.3, 0.4) is 0 Å². The number of halogens is 1. The van der Waals surface area contributed by atoms with E-state index in [0.29, 0.717) is 11.4 Å². The number of aryl methyl sites for hydroxylation is 1. The van der Waals surface area contributed by atoms with E-state index in [0.717, 1.165) is 5.56 Å². The molecule has 6 nitrogen and oxygen atoms in total. The zero-order valence-corrected chi connectivity index (χ0v) is 14.0. The number of carbonyl (C=O) groups excluding carboxylic acids is 1. The number of anilines is 1. The highest BCUT2D eigenvalue weighted by Gasteiger charge is 2.20. The van der Waals surface area contributed by atoms with Gasteiger partial charge in [0, 0.05) is 25.0 Å². The Morgan fingerprint density at radius 3 is 2.84 bits per heavy atom. The number of ether oxygens (including phenoxy) is 1. The molecule has 0 aliphatic heterocycles. The molecule has 0 radical (unpaired) electrons. The van der Waals surface area contributed by atoms with Gasteiger partial charge in [-0.3, -0.25) is 9.48 Å². The SMILES string of the molecule is COc1ccc(N(Cc2ccco2)C(=O)Cc2cnn(C)c2)cc1F. The number of aromatic nitrogens is 2. The monoisotopic (exact) mass is 343 g/mol. The van der Waals surface area contributed by atoms with Gasteiger partial charge in [-0.2, -0.15) is 5.10 Å². The third kappa shape index (κ3) is 3.88. The van der Waals surface area contributed by atoms with E-state index in [2.05, 4.69) is 5.10 Å². The minimum Gasteiger partial charge on any atom is -0.494 e. The Morgan fingerprint density at radius 2 is 2.24 bits per heavy atom. The second-order valence-electron chi connectivity index (χ2n) is 5.58. The van der Waals surface area contributed by atoms with Crippen LogP contribution in [0.2, 0.25) is 0 Å². The minimum atomic E-state index is -0.529. The van der Waals surface area contributed by atoms with Crippen molar-refractivity contribution < 1.29 is 18.3 Å². The first-order chi connectivity index (χ1) is 12.1. The van der Waals surface area contributed by atoms with Crippen LogP contribution in [-0.4, -0.2) is 22.8 Å². The van der Waals surface area contributed by atoms with Gasteiger partial charge in [-0.05, 0) is 29.8 Å². The molecule has 0 saturated heterocycles. The lowest BCUT2D eigenvalue weighted by Crippen LogP contribution is -2.31. The molecule has 0 saturated carbocycles. The number of benzene rings is 1. The van der Waals surface area contributed by atoms with Crippen molar-refractivity contribution in [2.45, 2.75) is 13.0 Å². The molecule has 0 aliphatic rings. The summed E-state index contributed by atoms with van der Waals surface area (Å²) in [4.78, 5) is 14.3. The summed E-state index contributed by atoms with van der Waals surface area (Å²) in [5.41, 5.74) is 1.22. The van der Waals surface area contributed by atoms with Gasteiger partial charge in [-0.1, -0.05) is 0 Å². The molecule has 25 heavy (non-hydrogen) atoms. The van der Waals surface area contributed by atoms with Crippen LogP contribution in [0.4, 0.5) is 10.1 Å². The van der Waals surface area contributed by atoms with Crippen molar-refractivity contribution in [3.8, 4) is 5.75 Å². The predicted octanol–water partition coefficient (Wildman–Crippen LogP) is 2.94. The van der Waals surface area contributed by atoms with E-state index < -0.39 is 5.82 Å². The zero-order chi connectivity index (χ0) is 17.8. The normalized spacial score (nSPS) is 10.7. The number of methoxy groups -OCH3 is 1. The number of hydrogen-bond donors (Lipinski definition) is 0. The molecule has 0 spiro atoms. The molecule has 7 heteroatoms. The Labute approximate surface area is 144 Å². The molecule has 3 rings (SSSR count). The molecule has 1 amide bonds. The Hall–Kier alpha value is -3.09. The Balaban J connectivity index is 1.88. The van der Waals surface area contributed by atoms with Gasteiger partial charge in [0.15, 0.2) is 11.6 Å². The summed E-state index contributed by atoms with van der Waals surface area (Å²) < 4.78 is 26.0. The molecule has 0 N–H and O–H groups in total. The number of furan rings is 1. The summed E-state index contributed by atoms with van der Waals surface area (Å²) in [6.07, 6.45) is 5.10. The van der Waals surface area contributed by atoms with Crippen molar-refractivity contribution in [3.63, 3.8) is 0 Å². The molecule has 2 aromatic heterocycles. The lowest BCUT2D eigenvalue weighted by Gasteiger charge is -2.22. The quantitative estimate of drug-likeness (QED) is 0.690. The van der Waals surface area contributed by atoms with Gasteiger partial charge < -0.3 is 14.1 Å². The molecule has 3 aromatic rings. The van der Waals surface area contributed by atoms with Gasteiger partial charge in [-0.15, -0.1) is 0 Å². The van der Waals surface area contributed by atoms with Crippen molar-refractivity contribution in [1.29, 1.82) is 0 Å². The van der Waals surface area contributed by atoms with Crippen LogP contribution in [-0.2, 0) is 24.8 Å². The van der Waals surface area contributed by atoms with Crippen LogP contribution < -0.4 is 9.64 Å². The topological polar surface area (TPSA) is 60.5 Å². The standard InChI is InChI=1S/C18H18FN3O3/c1-21-11-13(10-20-21)8-18(23)22(12-15-4-3-7-25-15)14-5-6-17(24-2)16(19)9-14/h3-7,9-11H,8,12H2,1-2H3. The number of amides is 1. The molecule has 0 aliphatic carbocycles. The lowest BCUT2D eigenvalue weighted by atomic mass is 10.2. The van der Waals surface area contributed by atoms with Gasteiger partial charge >= 0.3 is 0 Å². The van der Waals surface area contributed by atoms with E-state index in [1.54, 1.807) is 42.3 Å². The Morgan fingerprint density at radius 1 is 1.40 bits per heavy atom. The molecule has 0 fully saturated rings. The summed E-state index contributed by atoms with van der Waals surface area (Å²) in [6, 6.07) is 7.93. The zero-order valence-electron chi connectivity index (χ0n) is 14.0. The van der Waals surface area contributed by atoms with E-state index in [9.17, 15) is 9.18 Å². The third-order valence-corrected chi connectivity index (χ3v) is 3.76. The summed E-state index contributed by atoms with van der Waals surface area (Å²) >= 11 is 0. The fourth-order valence-corrected chi connectivity index (χ4v) is 2.54. The second kappa shape index (κ2) is 7.21. The average molecular weight is 343 g/mol. The first kappa shape index (κ1) is 16.8. The fourth-order valence-electron chi connectivity index (χ4n) is 2.54. The summed E-state index contributed by atoms with van der Waals surface area (Å²) in [5.74, 6) is 0.0183. The van der Waals surface area contributed by atoms with Gasteiger partial charge in [0.05, 0.1) is 32.5 Å². The largest absolute Gasteiger partial charge is 0.494 e. The van der Waals surface area contributed by atoms with E-state index in [1.807, 2.05) is 0 Å². The van der Waals surface area contributed by atoms with Gasteiger partial charge in [-0.25, -0.2) is 4.39 Å². The van der Waals surface area contributed by atoms with Gasteiger partial charge in [0.25, 0.3) is 0 Å². The summed E-state index contributed by atoms with van der Waals surface area (Å²) in [5, 5.41) is 4.07. The first-order valence-electron chi connectivity index (χ1n) is 7.70. The number of hydrogen-bond acceptors (Lipinski definition) is 4. The predicted molar refractivity (Wildman–Crippen MR) is 89.8 cm³/mol. The lowest BCUT2D eigenvalue weighted by molar-refractivity contribution is -0.118. The maximum absolute atomic E-state index is 14.1. The van der Waals surface area contributed by atoms with Crippen LogP contribution in [0.1, 0.15) is 11.3 Å². The second-order valence-corrected chi connectivity index (χ2v) is 5.58. The maximum atomic E-state index is 14.1. The maximum Gasteiger partial charge on any atom is 0.231 e. The van der Waals surface area contributed by atoms with Gasteiger partial charge in [0.2, 0.25) is 5.91 Å². The molecule has 0 atom stereocenters. The van der Waals surface area contributed by atoms with Crippen molar-refractivity contribution >= 4 is 11.6 Å². The summed E-state index contributed by atoms with van der Waals surface area (Å²) in [6.45, 7) is 0.206. The van der Waals surface area contributed by atoms with Crippen LogP contribution in [0.5, 0.6) is 5.75 Å². The molecular formula is C18H18FN3O3. The summed E-state index contributed by atoms with van der Waals surface area (Å²) in [7, 11) is 3.18. The highest BCUT2D eigenvalue weighted by Crippen LogP contribution is 2.25. The van der Waals surface area contributed by atoms with E-state index >= 15 is 0 Å². The smallest absolute Gasteiger partial charge is 0.231 e. The average Bonchev–Trinajstić information content (AvgIpc) is 3.24. The van der Waals surface area contributed by atoms with E-state index in [-0.39, 0.29) is 24.6 Å². The highest BCUT2D eigenvalue weighted by atomic mass is 19.1. The molecule has 0 unspecified atom stereocenters. The van der Waals surface area contributed by atoms with E-state index in [4.69, 9.17) is 9.15 Å². The number of rotatable bonds is 6. The third-order valence-electron chi connectivity index (χ3n) is 3.76. The minimum absolute atomic E-state index is 0.126. The van der Waals surface area contributed by atoms with Crippen LogP contribution in [0.25, 0.3) is 0 Å². The van der Waals surface area contributed by atoms with Crippen molar-refractivity contribution in [2.24, 2.45) is 7.05 Å². The van der Waals surface area contributed by atoms with Crippen LogP contribution in [0, 0.1) is 5.82 Å². The Bertz CT molecular complexity index is 858. The van der Waals surface area contributed by atoms with Crippen molar-refractivity contribution in [2.75, 3.05) is 12.0 Å². The van der Waals surface area contributed by atoms with Crippen molar-refractivity contribution in [3.05, 3.63) is 66.1 Å². The molecular weight excluding hydrogens is 325 g/mol. The van der Waals surface area contributed by atoms with Crippen molar-refractivity contribution in [1.82, 2.24) is 9.78 Å². The molecule has 1 aromatic carbocycles. The van der Waals surface area contributed by atoms with Crippen LogP contribution >= 0.6 is 0 Å². The van der Waals surface area contributed by atoms with Crippen LogP contribution in [0.15, 0.2) is 53.4 Å². The first-order valence-corrected chi connectivity index (χ1v) is 7.70. The molecule has 2 heterocycles. The highest BCUT2D eigenvalue weighted by molar-refractivity contribution is 5.94. The Kier molecular flexibility index (Phi) is 4.83. The number of nitrogens with zero attached hydrogens (tertiary/aromatic N) is 3. The fraction of sp³-hybridized carbons (Fsp3) is 0.222. The molecule has 0 bridgehead atoms. The van der Waals surface area contributed by atoms with Gasteiger partial charge in [0.1, 0.15) is 5.76 Å².